The third-order valence-corrected chi connectivity index (χ3v) is 3.24. The van der Waals surface area contributed by atoms with Gasteiger partial charge in [-0.3, -0.25) is 9.69 Å². The van der Waals surface area contributed by atoms with Crippen molar-refractivity contribution >= 4 is 17.3 Å². The summed E-state index contributed by atoms with van der Waals surface area (Å²) in [5.41, 5.74) is 1.64. The van der Waals surface area contributed by atoms with Gasteiger partial charge in [0.05, 0.1) is 6.61 Å². The molecule has 0 unspecified atom stereocenters. The molecule has 0 bridgehead atoms. The van der Waals surface area contributed by atoms with Crippen LogP contribution in [0.4, 0.5) is 11.4 Å². The molecule has 2 aromatic carbocycles. The fraction of sp³-hybridized carbons (Fsp3) is 0.111. The maximum Gasteiger partial charge on any atom is 0.318 e. The predicted octanol–water partition coefficient (Wildman–Crippen LogP) is 4.05. The van der Waals surface area contributed by atoms with E-state index in [-0.39, 0.29) is 17.5 Å². The predicted molar refractivity (Wildman–Crippen MR) is 87.0 cm³/mol. The number of amides is 1. The number of hydrogen-bond donors (Lipinski definition) is 0. The molecule has 0 saturated heterocycles. The minimum absolute atomic E-state index is 0.134. The minimum Gasteiger partial charge on any atom is -0.464 e. The molecule has 0 aliphatic heterocycles. The molecule has 1 heterocycles. The van der Waals surface area contributed by atoms with Gasteiger partial charge in [0.15, 0.2) is 6.39 Å². The number of oxazole rings is 1. The number of benzene rings is 2. The Morgan fingerprint density at radius 2 is 1.61 bits per heavy atom. The number of aromatic nitrogens is 1. The van der Waals surface area contributed by atoms with Crippen LogP contribution in [0.3, 0.4) is 0 Å². The van der Waals surface area contributed by atoms with Gasteiger partial charge in [-0.1, -0.05) is 36.4 Å². The van der Waals surface area contributed by atoms with E-state index >= 15 is 0 Å². The summed E-state index contributed by atoms with van der Waals surface area (Å²) in [7, 11) is 0. The first-order chi connectivity index (χ1) is 11.3. The van der Waals surface area contributed by atoms with E-state index in [0.29, 0.717) is 6.61 Å². The van der Waals surface area contributed by atoms with Gasteiger partial charge in [0.2, 0.25) is 5.69 Å². The monoisotopic (exact) mass is 308 g/mol. The van der Waals surface area contributed by atoms with Gasteiger partial charge in [-0.15, -0.1) is 0 Å². The topological polar surface area (TPSA) is 55.6 Å². The van der Waals surface area contributed by atoms with Gasteiger partial charge in [-0.05, 0) is 31.2 Å². The molecular formula is C18H16N2O3. The van der Waals surface area contributed by atoms with Crippen molar-refractivity contribution in [2.75, 3.05) is 11.5 Å². The van der Waals surface area contributed by atoms with Crippen LogP contribution in [-0.2, 0) is 0 Å². The average Bonchev–Trinajstić information content (AvgIpc) is 3.06. The van der Waals surface area contributed by atoms with Crippen molar-refractivity contribution in [3.8, 4) is 5.95 Å². The molecule has 3 rings (SSSR count). The molecule has 0 saturated carbocycles. The Labute approximate surface area is 134 Å². The summed E-state index contributed by atoms with van der Waals surface area (Å²) in [4.78, 5) is 18.6. The largest absolute Gasteiger partial charge is 0.464 e. The van der Waals surface area contributed by atoms with Crippen LogP contribution in [0.25, 0.3) is 0 Å². The van der Waals surface area contributed by atoms with Crippen LogP contribution in [-0.4, -0.2) is 17.5 Å². The van der Waals surface area contributed by atoms with Crippen molar-refractivity contribution in [1.29, 1.82) is 0 Å². The zero-order chi connectivity index (χ0) is 16.1. The van der Waals surface area contributed by atoms with E-state index in [4.69, 9.17) is 9.15 Å². The summed E-state index contributed by atoms with van der Waals surface area (Å²) in [6.45, 7) is 2.22. The molecule has 0 radical (unpaired) electrons. The van der Waals surface area contributed by atoms with Crippen LogP contribution in [0.15, 0.2) is 71.5 Å². The lowest BCUT2D eigenvalue weighted by Crippen LogP contribution is -2.26. The van der Waals surface area contributed by atoms with Crippen molar-refractivity contribution in [3.05, 3.63) is 72.8 Å². The Hall–Kier alpha value is -3.08. The highest BCUT2D eigenvalue weighted by Gasteiger charge is 2.26. The third-order valence-electron chi connectivity index (χ3n) is 3.24. The summed E-state index contributed by atoms with van der Waals surface area (Å²) < 4.78 is 10.5. The van der Waals surface area contributed by atoms with E-state index in [9.17, 15) is 4.79 Å². The van der Waals surface area contributed by atoms with E-state index in [1.165, 1.54) is 6.39 Å². The van der Waals surface area contributed by atoms with Crippen LogP contribution in [0, 0.1) is 0 Å². The molecule has 3 aromatic rings. The zero-order valence-electron chi connectivity index (χ0n) is 12.7. The van der Waals surface area contributed by atoms with Crippen molar-refractivity contribution in [3.63, 3.8) is 0 Å². The van der Waals surface area contributed by atoms with Crippen LogP contribution in [0.1, 0.15) is 17.4 Å². The molecule has 0 fully saturated rings. The highest BCUT2D eigenvalue weighted by Crippen LogP contribution is 2.29. The summed E-state index contributed by atoms with van der Waals surface area (Å²) >= 11 is 0. The number of ether oxygens (including phenoxy) is 1. The molecule has 116 valence electrons. The summed E-state index contributed by atoms with van der Waals surface area (Å²) in [6, 6.07) is 18.8. The lowest BCUT2D eigenvalue weighted by Gasteiger charge is -2.22. The molecule has 0 spiro atoms. The first-order valence-corrected chi connectivity index (χ1v) is 7.32. The van der Waals surface area contributed by atoms with Crippen molar-refractivity contribution in [2.45, 2.75) is 6.92 Å². The Morgan fingerprint density at radius 1 is 1.04 bits per heavy atom. The van der Waals surface area contributed by atoms with Gasteiger partial charge in [0, 0.05) is 11.4 Å². The van der Waals surface area contributed by atoms with E-state index < -0.39 is 0 Å². The second kappa shape index (κ2) is 6.79. The SMILES string of the molecule is CCOc1ocnc1C(=O)N(c1ccccc1)c1ccccc1. The maximum atomic E-state index is 13.0. The van der Waals surface area contributed by atoms with E-state index in [2.05, 4.69) is 4.98 Å². The maximum absolute atomic E-state index is 13.0. The first-order valence-electron chi connectivity index (χ1n) is 7.32. The van der Waals surface area contributed by atoms with Gasteiger partial charge < -0.3 is 9.15 Å². The molecular weight excluding hydrogens is 292 g/mol. The molecule has 0 aliphatic rings. The average molecular weight is 308 g/mol. The molecule has 0 aliphatic carbocycles. The van der Waals surface area contributed by atoms with Gasteiger partial charge >= 0.3 is 5.95 Å². The van der Waals surface area contributed by atoms with E-state index in [1.807, 2.05) is 67.6 Å². The molecule has 0 atom stereocenters. The number of carbonyl (C=O) groups is 1. The number of rotatable bonds is 5. The fourth-order valence-electron chi connectivity index (χ4n) is 2.26. The van der Waals surface area contributed by atoms with Gasteiger partial charge in [0.1, 0.15) is 0 Å². The molecule has 23 heavy (non-hydrogen) atoms. The van der Waals surface area contributed by atoms with E-state index in [0.717, 1.165) is 11.4 Å². The number of carbonyl (C=O) groups excluding carboxylic acids is 1. The Balaban J connectivity index is 2.05. The van der Waals surface area contributed by atoms with Crippen LogP contribution in [0.5, 0.6) is 5.95 Å². The number of hydrogen-bond acceptors (Lipinski definition) is 4. The fourth-order valence-corrected chi connectivity index (χ4v) is 2.26. The van der Waals surface area contributed by atoms with Crippen LogP contribution < -0.4 is 9.64 Å². The zero-order valence-corrected chi connectivity index (χ0v) is 12.7. The van der Waals surface area contributed by atoms with Crippen LogP contribution >= 0.6 is 0 Å². The molecule has 0 N–H and O–H groups in total. The molecule has 5 heteroatoms. The molecule has 1 amide bonds. The quantitative estimate of drug-likeness (QED) is 0.713. The number of para-hydroxylation sites is 2. The second-order valence-electron chi connectivity index (χ2n) is 4.73. The molecule has 1 aromatic heterocycles. The smallest absolute Gasteiger partial charge is 0.318 e. The summed E-state index contributed by atoms with van der Waals surface area (Å²) in [6.07, 6.45) is 1.21. The lowest BCUT2D eigenvalue weighted by atomic mass is 10.2. The Bertz CT molecular complexity index is 730. The number of nitrogens with zero attached hydrogens (tertiary/aromatic N) is 2. The van der Waals surface area contributed by atoms with Gasteiger partial charge in [-0.2, -0.15) is 0 Å². The third kappa shape index (κ3) is 3.08. The Morgan fingerprint density at radius 3 is 2.13 bits per heavy atom. The molecule has 5 nitrogen and oxygen atoms in total. The van der Waals surface area contributed by atoms with Crippen LogP contribution in [0.2, 0.25) is 0 Å². The van der Waals surface area contributed by atoms with Gasteiger partial charge in [-0.25, -0.2) is 4.98 Å². The normalized spacial score (nSPS) is 10.3. The van der Waals surface area contributed by atoms with E-state index in [1.54, 1.807) is 4.90 Å². The lowest BCUT2D eigenvalue weighted by molar-refractivity contribution is 0.0988. The van der Waals surface area contributed by atoms with Crippen molar-refractivity contribution in [1.82, 2.24) is 4.98 Å². The summed E-state index contributed by atoms with van der Waals surface area (Å²) in [5, 5.41) is 0. The Kier molecular flexibility index (Phi) is 4.38. The van der Waals surface area contributed by atoms with Crippen molar-refractivity contribution < 1.29 is 13.9 Å². The number of anilines is 2. The van der Waals surface area contributed by atoms with Gasteiger partial charge in [0.25, 0.3) is 5.91 Å². The van der Waals surface area contributed by atoms with Crippen molar-refractivity contribution in [2.24, 2.45) is 0 Å². The standard InChI is InChI=1S/C18H16N2O3/c1-2-22-18-16(19-13-23-18)17(21)20(14-9-5-3-6-10-14)15-11-7-4-8-12-15/h3-13H,2H2,1H3. The summed E-state index contributed by atoms with van der Waals surface area (Å²) in [5.74, 6) is -0.172. The second-order valence-corrected chi connectivity index (χ2v) is 4.73. The first kappa shape index (κ1) is 14.8. The highest BCUT2D eigenvalue weighted by molar-refractivity contribution is 6.10. The highest BCUT2D eigenvalue weighted by atomic mass is 16.6. The minimum atomic E-state index is -0.306.